The van der Waals surface area contributed by atoms with Gasteiger partial charge in [-0.1, -0.05) is 36.4 Å². The van der Waals surface area contributed by atoms with Crippen LogP contribution in [0.2, 0.25) is 0 Å². The summed E-state index contributed by atoms with van der Waals surface area (Å²) in [6.07, 6.45) is 3.94. The third kappa shape index (κ3) is 3.11. The van der Waals surface area contributed by atoms with Crippen LogP contribution in [-0.2, 0) is 12.0 Å². The number of aromatic nitrogens is 3. The van der Waals surface area contributed by atoms with Gasteiger partial charge in [0.1, 0.15) is 11.9 Å². The maximum absolute atomic E-state index is 12.6. The van der Waals surface area contributed by atoms with E-state index in [0.29, 0.717) is 17.8 Å². The van der Waals surface area contributed by atoms with Crippen molar-refractivity contribution in [3.63, 3.8) is 0 Å². The van der Waals surface area contributed by atoms with E-state index in [1.165, 1.54) is 6.33 Å². The molecule has 1 amide bonds. The third-order valence-corrected chi connectivity index (χ3v) is 4.91. The minimum absolute atomic E-state index is 0.190. The second-order valence-corrected chi connectivity index (χ2v) is 6.64. The third-order valence-electron chi connectivity index (χ3n) is 4.91. The molecule has 132 valence electrons. The zero-order valence-corrected chi connectivity index (χ0v) is 14.3. The summed E-state index contributed by atoms with van der Waals surface area (Å²) in [5.74, 6) is 0.391. The van der Waals surface area contributed by atoms with Crippen LogP contribution in [0.15, 0.2) is 54.9 Å². The van der Waals surface area contributed by atoms with Crippen molar-refractivity contribution in [1.82, 2.24) is 20.5 Å². The predicted octanol–water partition coefficient (Wildman–Crippen LogP) is 2.43. The lowest BCUT2D eigenvalue weighted by atomic mass is 9.79. The molecule has 0 spiro atoms. The van der Waals surface area contributed by atoms with E-state index in [9.17, 15) is 9.90 Å². The van der Waals surface area contributed by atoms with Crippen molar-refractivity contribution in [3.8, 4) is 11.4 Å². The molecule has 0 radical (unpaired) electrons. The molecule has 0 fully saturated rings. The largest absolute Gasteiger partial charge is 0.383 e. The molecular weight excluding hydrogens is 328 g/mol. The Morgan fingerprint density at radius 1 is 1.23 bits per heavy atom. The first kappa shape index (κ1) is 16.5. The summed E-state index contributed by atoms with van der Waals surface area (Å²) in [6, 6.07) is 15.1. The van der Waals surface area contributed by atoms with Gasteiger partial charge in [-0.3, -0.25) is 9.89 Å². The van der Waals surface area contributed by atoms with Crippen molar-refractivity contribution in [3.05, 3.63) is 71.5 Å². The fraction of sp³-hybridized carbons (Fsp3) is 0.250. The molecule has 1 unspecified atom stereocenters. The van der Waals surface area contributed by atoms with Crippen molar-refractivity contribution >= 4 is 5.91 Å². The van der Waals surface area contributed by atoms with Crippen LogP contribution < -0.4 is 5.32 Å². The molecule has 1 atom stereocenters. The second kappa shape index (κ2) is 6.72. The Labute approximate surface area is 151 Å². The molecule has 6 nitrogen and oxygen atoms in total. The van der Waals surface area contributed by atoms with E-state index in [0.717, 1.165) is 29.5 Å². The van der Waals surface area contributed by atoms with E-state index in [1.54, 1.807) is 18.2 Å². The zero-order chi connectivity index (χ0) is 18.0. The number of fused-ring (bicyclic) bond motifs is 1. The molecule has 3 N–H and O–H groups in total. The second-order valence-electron chi connectivity index (χ2n) is 6.64. The van der Waals surface area contributed by atoms with Gasteiger partial charge in [-0.2, -0.15) is 5.10 Å². The Bertz CT molecular complexity index is 923. The number of rotatable bonds is 4. The Morgan fingerprint density at radius 3 is 2.96 bits per heavy atom. The van der Waals surface area contributed by atoms with Crippen molar-refractivity contribution in [2.45, 2.75) is 24.9 Å². The normalized spacial score (nSPS) is 19.0. The fourth-order valence-corrected chi connectivity index (χ4v) is 3.56. The van der Waals surface area contributed by atoms with Crippen LogP contribution in [0.25, 0.3) is 11.4 Å². The first-order chi connectivity index (χ1) is 12.7. The van der Waals surface area contributed by atoms with Gasteiger partial charge in [0.25, 0.3) is 5.91 Å². The summed E-state index contributed by atoms with van der Waals surface area (Å²) in [7, 11) is 0. The molecule has 26 heavy (non-hydrogen) atoms. The van der Waals surface area contributed by atoms with Crippen LogP contribution in [0.3, 0.4) is 0 Å². The Kier molecular flexibility index (Phi) is 4.26. The van der Waals surface area contributed by atoms with Gasteiger partial charge in [0.15, 0.2) is 5.82 Å². The van der Waals surface area contributed by atoms with E-state index in [4.69, 9.17) is 0 Å². The molecule has 4 rings (SSSR count). The van der Waals surface area contributed by atoms with Crippen LogP contribution in [0.4, 0.5) is 0 Å². The number of aliphatic hydroxyl groups is 1. The number of carbonyl (C=O) groups is 1. The van der Waals surface area contributed by atoms with E-state index < -0.39 is 5.60 Å². The molecule has 0 saturated carbocycles. The number of amides is 1. The summed E-state index contributed by atoms with van der Waals surface area (Å²) in [6.45, 7) is 0.190. The van der Waals surface area contributed by atoms with Gasteiger partial charge in [0.05, 0.1) is 6.54 Å². The number of H-pyrrole nitrogens is 1. The average Bonchev–Trinajstić information content (AvgIpc) is 3.22. The number of benzene rings is 2. The number of nitrogens with one attached hydrogen (secondary N) is 2. The van der Waals surface area contributed by atoms with Crippen LogP contribution >= 0.6 is 0 Å². The maximum Gasteiger partial charge on any atom is 0.251 e. The molecule has 3 aromatic rings. The molecule has 2 aromatic carbocycles. The topological polar surface area (TPSA) is 90.9 Å². The number of hydrogen-bond acceptors (Lipinski definition) is 4. The van der Waals surface area contributed by atoms with Gasteiger partial charge in [0, 0.05) is 11.1 Å². The molecule has 1 aliphatic rings. The van der Waals surface area contributed by atoms with Crippen LogP contribution in [-0.4, -0.2) is 32.7 Å². The Balaban J connectivity index is 1.51. The first-order valence-electron chi connectivity index (χ1n) is 8.70. The number of carbonyl (C=O) groups excluding carboxylic acids is 1. The molecule has 0 bridgehead atoms. The maximum atomic E-state index is 12.6. The van der Waals surface area contributed by atoms with Crippen molar-refractivity contribution in [2.75, 3.05) is 6.54 Å². The van der Waals surface area contributed by atoms with Gasteiger partial charge in [-0.25, -0.2) is 4.98 Å². The van der Waals surface area contributed by atoms with E-state index in [-0.39, 0.29) is 12.5 Å². The zero-order valence-electron chi connectivity index (χ0n) is 14.3. The van der Waals surface area contributed by atoms with Crippen molar-refractivity contribution < 1.29 is 9.90 Å². The highest BCUT2D eigenvalue weighted by atomic mass is 16.3. The number of hydrogen-bond donors (Lipinski definition) is 3. The molecule has 0 saturated heterocycles. The highest BCUT2D eigenvalue weighted by Crippen LogP contribution is 2.34. The van der Waals surface area contributed by atoms with Crippen LogP contribution in [0, 0.1) is 0 Å². The quantitative estimate of drug-likeness (QED) is 0.675. The van der Waals surface area contributed by atoms with Gasteiger partial charge < -0.3 is 10.4 Å². The summed E-state index contributed by atoms with van der Waals surface area (Å²) in [5, 5.41) is 20.6. The van der Waals surface area contributed by atoms with E-state index in [1.807, 2.05) is 30.3 Å². The van der Waals surface area contributed by atoms with Gasteiger partial charge in [-0.05, 0) is 42.5 Å². The standard InChI is InChI=1S/C20H20N4O2/c25-19(16-7-3-6-15(11-16)18-22-13-23-24-18)21-12-20(26)10-4-8-14-5-1-2-9-17(14)20/h1-3,5-7,9,11,13,26H,4,8,10,12H2,(H,21,25)(H,22,23,24). The highest BCUT2D eigenvalue weighted by molar-refractivity contribution is 5.95. The molecule has 1 heterocycles. The number of nitrogens with zero attached hydrogens (tertiary/aromatic N) is 2. The van der Waals surface area contributed by atoms with Crippen LogP contribution in [0.5, 0.6) is 0 Å². The lowest BCUT2D eigenvalue weighted by Gasteiger charge is -2.34. The Morgan fingerprint density at radius 2 is 2.12 bits per heavy atom. The summed E-state index contributed by atoms with van der Waals surface area (Å²) in [5.41, 5.74) is 2.36. The minimum atomic E-state index is -1.02. The summed E-state index contributed by atoms with van der Waals surface area (Å²) < 4.78 is 0. The van der Waals surface area contributed by atoms with Crippen molar-refractivity contribution in [1.29, 1.82) is 0 Å². The molecular formula is C20H20N4O2. The molecule has 1 aromatic heterocycles. The Hall–Kier alpha value is -2.99. The fourth-order valence-electron chi connectivity index (χ4n) is 3.56. The summed E-state index contributed by atoms with van der Waals surface area (Å²) >= 11 is 0. The van der Waals surface area contributed by atoms with Gasteiger partial charge >= 0.3 is 0 Å². The first-order valence-corrected chi connectivity index (χ1v) is 8.70. The lowest BCUT2D eigenvalue weighted by Crippen LogP contribution is -2.43. The number of aromatic amines is 1. The molecule has 1 aliphatic carbocycles. The average molecular weight is 348 g/mol. The SMILES string of the molecule is O=C(NCC1(O)CCCc2ccccc21)c1cccc(-c2ncn[nH]2)c1. The molecule has 0 aliphatic heterocycles. The molecule has 6 heteroatoms. The van der Waals surface area contributed by atoms with Crippen LogP contribution in [0.1, 0.15) is 34.3 Å². The number of aryl methyl sites for hydroxylation is 1. The lowest BCUT2D eigenvalue weighted by molar-refractivity contribution is 0.0189. The van der Waals surface area contributed by atoms with Crippen molar-refractivity contribution in [2.24, 2.45) is 0 Å². The summed E-state index contributed by atoms with van der Waals surface area (Å²) in [4.78, 5) is 16.7. The highest BCUT2D eigenvalue weighted by Gasteiger charge is 2.34. The van der Waals surface area contributed by atoms with E-state index >= 15 is 0 Å². The monoisotopic (exact) mass is 348 g/mol. The van der Waals surface area contributed by atoms with Gasteiger partial charge in [0.2, 0.25) is 0 Å². The van der Waals surface area contributed by atoms with Gasteiger partial charge in [-0.15, -0.1) is 0 Å². The van der Waals surface area contributed by atoms with E-state index in [2.05, 4.69) is 20.5 Å². The predicted molar refractivity (Wildman–Crippen MR) is 97.4 cm³/mol. The minimum Gasteiger partial charge on any atom is -0.383 e. The smallest absolute Gasteiger partial charge is 0.251 e.